The first-order valence-corrected chi connectivity index (χ1v) is 9.48. The van der Waals surface area contributed by atoms with Crippen molar-refractivity contribution in [3.05, 3.63) is 24.3 Å². The van der Waals surface area contributed by atoms with Crippen LogP contribution in [-0.4, -0.2) is 70.2 Å². The van der Waals surface area contributed by atoms with Crippen molar-refractivity contribution in [2.24, 2.45) is 10.4 Å². The van der Waals surface area contributed by atoms with Crippen LogP contribution < -0.4 is 20.3 Å². The van der Waals surface area contributed by atoms with E-state index in [1.165, 1.54) is 5.69 Å². The van der Waals surface area contributed by atoms with Gasteiger partial charge in [-0.15, -0.1) is 24.0 Å². The zero-order valence-corrected chi connectivity index (χ0v) is 19.9. The van der Waals surface area contributed by atoms with Gasteiger partial charge in [0.1, 0.15) is 5.75 Å². The number of hydrogen-bond acceptors (Lipinski definition) is 4. The molecule has 1 aliphatic rings. The first-order valence-electron chi connectivity index (χ1n) is 9.48. The van der Waals surface area contributed by atoms with E-state index in [1.807, 2.05) is 32.9 Å². The van der Waals surface area contributed by atoms with E-state index in [-0.39, 0.29) is 35.3 Å². The van der Waals surface area contributed by atoms with Crippen LogP contribution in [0.15, 0.2) is 29.3 Å². The van der Waals surface area contributed by atoms with Gasteiger partial charge >= 0.3 is 0 Å². The lowest BCUT2D eigenvalue weighted by Gasteiger charge is -2.37. The predicted molar refractivity (Wildman–Crippen MR) is 126 cm³/mol. The first-order chi connectivity index (χ1) is 12.8. The molecule has 1 amide bonds. The highest BCUT2D eigenvalue weighted by atomic mass is 127. The molecule has 1 heterocycles. The summed E-state index contributed by atoms with van der Waals surface area (Å²) in [5.74, 6) is 1.82. The summed E-state index contributed by atoms with van der Waals surface area (Å²) >= 11 is 0. The van der Waals surface area contributed by atoms with Gasteiger partial charge in [0.25, 0.3) is 0 Å². The number of halogens is 1. The van der Waals surface area contributed by atoms with Gasteiger partial charge in [0.2, 0.25) is 5.91 Å². The Hall–Kier alpha value is -1.71. The number of aliphatic imine (C=N–C) groups is 1. The molecular weight excluding hydrogens is 469 g/mol. The Labute approximate surface area is 185 Å². The number of nitrogens with zero attached hydrogens (tertiary/aromatic N) is 3. The Morgan fingerprint density at radius 2 is 1.79 bits per heavy atom. The lowest BCUT2D eigenvalue weighted by molar-refractivity contribution is -0.128. The summed E-state index contributed by atoms with van der Waals surface area (Å²) in [5, 5.41) is 6.29. The molecule has 2 rings (SSSR count). The van der Waals surface area contributed by atoms with Crippen LogP contribution in [-0.2, 0) is 4.79 Å². The Bertz CT molecular complexity index is 652. The lowest BCUT2D eigenvalue weighted by atomic mass is 9.96. The standard InChI is InChI=1S/C20H33N5O2.HI/c1-20(2,3)18(26)22-9-10-23-19(21-4)25-13-11-24(12-14-25)16-7-6-8-17(15-16)27-5;/h6-8,15H,9-14H2,1-5H3,(H,21,23)(H,22,26);1H. The number of amides is 1. The zero-order valence-electron chi connectivity index (χ0n) is 17.6. The molecule has 0 spiro atoms. The largest absolute Gasteiger partial charge is 0.497 e. The van der Waals surface area contributed by atoms with Gasteiger partial charge in [-0.1, -0.05) is 26.8 Å². The number of carbonyl (C=O) groups excluding carboxylic acids is 1. The maximum atomic E-state index is 11.9. The highest BCUT2D eigenvalue weighted by molar-refractivity contribution is 14.0. The van der Waals surface area contributed by atoms with Gasteiger partial charge in [-0.2, -0.15) is 0 Å². The van der Waals surface area contributed by atoms with Crippen LogP contribution in [0.4, 0.5) is 5.69 Å². The highest BCUT2D eigenvalue weighted by Crippen LogP contribution is 2.22. The Kier molecular flexibility index (Phi) is 9.84. The topological polar surface area (TPSA) is 69.2 Å². The summed E-state index contributed by atoms with van der Waals surface area (Å²) in [5.41, 5.74) is 0.819. The molecule has 0 aromatic heterocycles. The van der Waals surface area contributed by atoms with Crippen LogP contribution in [0.25, 0.3) is 0 Å². The fraction of sp³-hybridized carbons (Fsp3) is 0.600. The number of anilines is 1. The second-order valence-electron chi connectivity index (χ2n) is 7.66. The molecule has 1 aromatic rings. The molecule has 0 aliphatic carbocycles. The van der Waals surface area contributed by atoms with Crippen LogP contribution in [0.1, 0.15) is 20.8 Å². The van der Waals surface area contributed by atoms with E-state index in [9.17, 15) is 4.79 Å². The molecule has 1 aromatic carbocycles. The molecule has 28 heavy (non-hydrogen) atoms. The summed E-state index contributed by atoms with van der Waals surface area (Å²) in [6, 6.07) is 8.17. The maximum absolute atomic E-state index is 11.9. The van der Waals surface area contributed by atoms with Gasteiger partial charge in [-0.25, -0.2) is 0 Å². The third-order valence-electron chi connectivity index (χ3n) is 4.58. The Morgan fingerprint density at radius 3 is 2.36 bits per heavy atom. The van der Waals surface area contributed by atoms with Crippen LogP contribution in [0.2, 0.25) is 0 Å². The van der Waals surface area contributed by atoms with Crippen molar-refractivity contribution < 1.29 is 9.53 Å². The molecule has 1 saturated heterocycles. The van der Waals surface area contributed by atoms with Crippen LogP contribution in [0, 0.1) is 5.41 Å². The number of methoxy groups -OCH3 is 1. The predicted octanol–water partition coefficient (Wildman–Crippen LogP) is 2.17. The smallest absolute Gasteiger partial charge is 0.225 e. The molecule has 1 aliphatic heterocycles. The number of benzene rings is 1. The number of guanidine groups is 1. The molecule has 0 radical (unpaired) electrons. The number of piperazine rings is 1. The second kappa shape index (κ2) is 11.3. The molecule has 2 N–H and O–H groups in total. The van der Waals surface area contributed by atoms with Gasteiger partial charge in [0.15, 0.2) is 5.96 Å². The van der Waals surface area contributed by atoms with Crippen molar-refractivity contribution in [1.29, 1.82) is 0 Å². The third kappa shape index (κ3) is 7.03. The number of hydrogen-bond donors (Lipinski definition) is 2. The maximum Gasteiger partial charge on any atom is 0.225 e. The molecule has 8 heteroatoms. The van der Waals surface area contributed by atoms with Crippen molar-refractivity contribution in [3.63, 3.8) is 0 Å². The number of ether oxygens (including phenoxy) is 1. The molecule has 158 valence electrons. The summed E-state index contributed by atoms with van der Waals surface area (Å²) in [6.07, 6.45) is 0. The summed E-state index contributed by atoms with van der Waals surface area (Å²) in [7, 11) is 3.49. The van der Waals surface area contributed by atoms with Crippen molar-refractivity contribution in [2.75, 3.05) is 58.3 Å². The third-order valence-corrected chi connectivity index (χ3v) is 4.58. The monoisotopic (exact) mass is 503 g/mol. The number of nitrogens with one attached hydrogen (secondary N) is 2. The van der Waals surface area contributed by atoms with E-state index in [2.05, 4.69) is 37.6 Å². The Balaban J connectivity index is 0.00000392. The van der Waals surface area contributed by atoms with E-state index in [4.69, 9.17) is 4.74 Å². The van der Waals surface area contributed by atoms with Crippen LogP contribution >= 0.6 is 24.0 Å². The average Bonchev–Trinajstić information content (AvgIpc) is 2.67. The van der Waals surface area contributed by atoms with Crippen molar-refractivity contribution in [2.45, 2.75) is 20.8 Å². The fourth-order valence-electron chi connectivity index (χ4n) is 2.93. The highest BCUT2D eigenvalue weighted by Gasteiger charge is 2.21. The molecule has 0 saturated carbocycles. The lowest BCUT2D eigenvalue weighted by Crippen LogP contribution is -2.53. The first kappa shape index (κ1) is 24.3. The minimum atomic E-state index is -0.363. The normalized spacial score (nSPS) is 15.0. The molecule has 1 fully saturated rings. The molecule has 7 nitrogen and oxygen atoms in total. The van der Waals surface area contributed by atoms with Crippen molar-refractivity contribution in [3.8, 4) is 5.75 Å². The van der Waals surface area contributed by atoms with Crippen molar-refractivity contribution >= 4 is 41.5 Å². The van der Waals surface area contributed by atoms with E-state index in [0.29, 0.717) is 13.1 Å². The van der Waals surface area contributed by atoms with E-state index >= 15 is 0 Å². The summed E-state index contributed by atoms with van der Waals surface area (Å²) in [4.78, 5) is 20.9. The zero-order chi connectivity index (χ0) is 19.9. The molecule has 0 atom stereocenters. The molecule has 0 unspecified atom stereocenters. The van der Waals surface area contributed by atoms with Gasteiger partial charge in [-0.05, 0) is 12.1 Å². The second-order valence-corrected chi connectivity index (χ2v) is 7.66. The SMILES string of the molecule is CN=C(NCCNC(=O)C(C)(C)C)N1CCN(c2cccc(OC)c2)CC1.I. The van der Waals surface area contributed by atoms with Gasteiger partial charge in [0, 0.05) is 63.5 Å². The summed E-state index contributed by atoms with van der Waals surface area (Å²) in [6.45, 7) is 10.6. The van der Waals surface area contributed by atoms with Gasteiger partial charge in [-0.3, -0.25) is 9.79 Å². The van der Waals surface area contributed by atoms with Gasteiger partial charge in [0.05, 0.1) is 7.11 Å². The quantitative estimate of drug-likeness (QED) is 0.279. The van der Waals surface area contributed by atoms with Crippen LogP contribution in [0.3, 0.4) is 0 Å². The van der Waals surface area contributed by atoms with Crippen molar-refractivity contribution in [1.82, 2.24) is 15.5 Å². The number of rotatable bonds is 5. The van der Waals surface area contributed by atoms with E-state index in [1.54, 1.807) is 14.2 Å². The Morgan fingerprint density at radius 1 is 1.14 bits per heavy atom. The molecule has 0 bridgehead atoms. The fourth-order valence-corrected chi connectivity index (χ4v) is 2.93. The van der Waals surface area contributed by atoms with Gasteiger partial charge < -0.3 is 25.2 Å². The summed E-state index contributed by atoms with van der Waals surface area (Å²) < 4.78 is 5.32. The van der Waals surface area contributed by atoms with E-state index < -0.39 is 0 Å². The minimum Gasteiger partial charge on any atom is -0.497 e. The molecular formula is C20H34IN5O2. The van der Waals surface area contributed by atoms with Crippen LogP contribution in [0.5, 0.6) is 5.75 Å². The average molecular weight is 503 g/mol. The minimum absolute atomic E-state index is 0. The number of carbonyl (C=O) groups is 1. The van der Waals surface area contributed by atoms with E-state index in [0.717, 1.165) is 37.9 Å².